The van der Waals surface area contributed by atoms with Gasteiger partial charge in [-0.3, -0.25) is 0 Å². The van der Waals surface area contributed by atoms with E-state index < -0.39 is 0 Å². The lowest BCUT2D eigenvalue weighted by Crippen LogP contribution is -2.10. The molecule has 0 fully saturated rings. The highest BCUT2D eigenvalue weighted by Gasteiger charge is 2.15. The summed E-state index contributed by atoms with van der Waals surface area (Å²) in [5, 5.41) is 11.4. The van der Waals surface area contributed by atoms with Crippen molar-refractivity contribution in [3.05, 3.63) is 72.3 Å². The van der Waals surface area contributed by atoms with Crippen LogP contribution in [0.1, 0.15) is 69.7 Å². The number of ether oxygens (including phenoxy) is 1. The largest absolute Gasteiger partial charge is 0.462 e. The lowest BCUT2D eigenvalue weighted by Gasteiger charge is -2.17. The third kappa shape index (κ3) is 6.01. The standard InChI is InChI=1S/C31H37N3O2/c1-4-7-11-23(6-3)22-34-29-13-10-9-12-27(29)28-21-26(18-19-30(28)34)33-32-25-16-14-24(15-17-25)31(35)36-20-8-5-2/h9-10,12-19,21,23H,4-8,11,20,22H2,1-3H3. The van der Waals surface area contributed by atoms with Crippen LogP contribution >= 0.6 is 0 Å². The third-order valence-electron chi connectivity index (χ3n) is 6.85. The Labute approximate surface area is 214 Å². The van der Waals surface area contributed by atoms with E-state index in [2.05, 4.69) is 72.0 Å². The number of fused-ring (bicyclic) bond motifs is 3. The molecule has 1 atom stereocenters. The molecule has 0 N–H and O–H groups in total. The van der Waals surface area contributed by atoms with Crippen LogP contribution in [0.25, 0.3) is 21.8 Å². The van der Waals surface area contributed by atoms with Crippen molar-refractivity contribution in [2.45, 2.75) is 65.8 Å². The molecule has 1 aromatic heterocycles. The van der Waals surface area contributed by atoms with Crippen molar-refractivity contribution in [1.29, 1.82) is 0 Å². The number of carbonyl (C=O) groups is 1. The Morgan fingerprint density at radius 3 is 2.28 bits per heavy atom. The second-order valence-electron chi connectivity index (χ2n) is 9.48. The maximum atomic E-state index is 12.1. The van der Waals surface area contributed by atoms with Crippen LogP contribution in [0, 0.1) is 5.92 Å². The molecule has 5 heteroatoms. The van der Waals surface area contributed by atoms with E-state index in [1.807, 2.05) is 6.07 Å². The van der Waals surface area contributed by atoms with E-state index in [-0.39, 0.29) is 5.97 Å². The molecule has 0 aliphatic carbocycles. The highest BCUT2D eigenvalue weighted by Crippen LogP contribution is 2.33. The van der Waals surface area contributed by atoms with Gasteiger partial charge in [-0.2, -0.15) is 10.2 Å². The van der Waals surface area contributed by atoms with Crippen molar-refractivity contribution in [2.24, 2.45) is 16.1 Å². The van der Waals surface area contributed by atoms with Gasteiger partial charge < -0.3 is 9.30 Å². The molecule has 3 aromatic carbocycles. The van der Waals surface area contributed by atoms with Crippen LogP contribution in [0.3, 0.4) is 0 Å². The van der Waals surface area contributed by atoms with Gasteiger partial charge in [-0.25, -0.2) is 4.79 Å². The van der Waals surface area contributed by atoms with Gasteiger partial charge in [0.25, 0.3) is 0 Å². The zero-order chi connectivity index (χ0) is 25.3. The number of hydrogen-bond acceptors (Lipinski definition) is 4. The summed E-state index contributed by atoms with van der Waals surface area (Å²) in [5.41, 5.74) is 4.56. The summed E-state index contributed by atoms with van der Waals surface area (Å²) in [5.74, 6) is 0.379. The molecule has 0 saturated heterocycles. The van der Waals surface area contributed by atoms with Gasteiger partial charge in [0, 0.05) is 28.4 Å². The average Bonchev–Trinajstić information content (AvgIpc) is 3.23. The Hall–Kier alpha value is -3.47. The minimum absolute atomic E-state index is 0.297. The summed E-state index contributed by atoms with van der Waals surface area (Å²) in [6, 6.07) is 22.0. The topological polar surface area (TPSA) is 55.9 Å². The third-order valence-corrected chi connectivity index (χ3v) is 6.85. The monoisotopic (exact) mass is 483 g/mol. The zero-order valence-corrected chi connectivity index (χ0v) is 21.7. The summed E-state index contributed by atoms with van der Waals surface area (Å²) in [6.45, 7) is 8.12. The number of hydrogen-bond donors (Lipinski definition) is 0. The SMILES string of the molecule is CCCCOC(=O)c1ccc(N=Nc2ccc3c(c2)c2ccccc2n3CC(CC)CCCC)cc1. The zero-order valence-electron chi connectivity index (χ0n) is 21.7. The summed E-state index contributed by atoms with van der Waals surface area (Å²) < 4.78 is 7.75. The number of aromatic nitrogens is 1. The molecule has 0 aliphatic heterocycles. The first-order chi connectivity index (χ1) is 17.6. The number of benzene rings is 3. The van der Waals surface area contributed by atoms with Crippen LogP contribution in [-0.4, -0.2) is 17.1 Å². The first-order valence-electron chi connectivity index (χ1n) is 13.3. The van der Waals surface area contributed by atoms with Crippen molar-refractivity contribution >= 4 is 39.1 Å². The van der Waals surface area contributed by atoms with E-state index in [0.717, 1.165) is 25.1 Å². The van der Waals surface area contributed by atoms with E-state index in [0.29, 0.717) is 23.8 Å². The van der Waals surface area contributed by atoms with Gasteiger partial charge in [-0.1, -0.05) is 64.7 Å². The van der Waals surface area contributed by atoms with Crippen LogP contribution in [-0.2, 0) is 11.3 Å². The van der Waals surface area contributed by atoms with E-state index >= 15 is 0 Å². The van der Waals surface area contributed by atoms with E-state index in [1.54, 1.807) is 24.3 Å². The molecular formula is C31H37N3O2. The second-order valence-corrected chi connectivity index (χ2v) is 9.48. The highest BCUT2D eigenvalue weighted by molar-refractivity contribution is 6.08. The molecule has 5 nitrogen and oxygen atoms in total. The van der Waals surface area contributed by atoms with Crippen LogP contribution in [0.4, 0.5) is 11.4 Å². The molecule has 4 aromatic rings. The van der Waals surface area contributed by atoms with Crippen LogP contribution in [0.2, 0.25) is 0 Å². The van der Waals surface area contributed by atoms with Gasteiger partial charge in [0.1, 0.15) is 0 Å². The fourth-order valence-electron chi connectivity index (χ4n) is 4.65. The Morgan fingerprint density at radius 1 is 0.833 bits per heavy atom. The summed E-state index contributed by atoms with van der Waals surface area (Å²) >= 11 is 0. The van der Waals surface area contributed by atoms with Gasteiger partial charge >= 0.3 is 5.97 Å². The molecule has 0 aliphatic rings. The lowest BCUT2D eigenvalue weighted by atomic mass is 9.99. The highest BCUT2D eigenvalue weighted by atomic mass is 16.5. The first-order valence-corrected chi connectivity index (χ1v) is 13.3. The van der Waals surface area contributed by atoms with Gasteiger partial charge in [0.15, 0.2) is 0 Å². The maximum absolute atomic E-state index is 12.1. The summed E-state index contributed by atoms with van der Waals surface area (Å²) in [4.78, 5) is 12.1. The number of rotatable bonds is 12. The first kappa shape index (κ1) is 25.6. The van der Waals surface area contributed by atoms with Gasteiger partial charge in [-0.05, 0) is 67.3 Å². The van der Waals surface area contributed by atoms with Crippen molar-refractivity contribution in [3.8, 4) is 0 Å². The van der Waals surface area contributed by atoms with Gasteiger partial charge in [0.2, 0.25) is 0 Å². The quantitative estimate of drug-likeness (QED) is 0.114. The number of unbranched alkanes of at least 4 members (excludes halogenated alkanes) is 2. The van der Waals surface area contributed by atoms with Crippen molar-refractivity contribution < 1.29 is 9.53 Å². The van der Waals surface area contributed by atoms with Crippen molar-refractivity contribution in [2.75, 3.05) is 6.61 Å². The Kier molecular flexibility index (Phi) is 8.88. The number of nitrogens with zero attached hydrogens (tertiary/aromatic N) is 3. The minimum Gasteiger partial charge on any atom is -0.462 e. The molecule has 4 rings (SSSR count). The van der Waals surface area contributed by atoms with Crippen molar-refractivity contribution in [3.63, 3.8) is 0 Å². The van der Waals surface area contributed by atoms with Crippen LogP contribution < -0.4 is 0 Å². The molecule has 36 heavy (non-hydrogen) atoms. The Morgan fingerprint density at radius 2 is 1.53 bits per heavy atom. The predicted molar refractivity (Wildman–Crippen MR) is 149 cm³/mol. The van der Waals surface area contributed by atoms with Crippen molar-refractivity contribution in [1.82, 2.24) is 4.57 Å². The fourth-order valence-corrected chi connectivity index (χ4v) is 4.65. The second kappa shape index (κ2) is 12.5. The summed E-state index contributed by atoms with van der Waals surface area (Å²) in [7, 11) is 0. The predicted octanol–water partition coefficient (Wildman–Crippen LogP) is 9.38. The Balaban J connectivity index is 1.56. The fraction of sp³-hybridized carbons (Fsp3) is 0.387. The number of esters is 1. The molecule has 0 amide bonds. The molecule has 0 radical (unpaired) electrons. The van der Waals surface area contributed by atoms with E-state index in [9.17, 15) is 4.79 Å². The number of para-hydroxylation sites is 1. The molecule has 1 heterocycles. The molecule has 0 spiro atoms. The minimum atomic E-state index is -0.297. The number of azo groups is 1. The maximum Gasteiger partial charge on any atom is 0.338 e. The van der Waals surface area contributed by atoms with Gasteiger partial charge in [0.05, 0.1) is 23.5 Å². The number of carbonyl (C=O) groups excluding carboxylic acids is 1. The van der Waals surface area contributed by atoms with Crippen LogP contribution in [0.5, 0.6) is 0 Å². The molecule has 0 saturated carbocycles. The lowest BCUT2D eigenvalue weighted by molar-refractivity contribution is 0.0500. The Bertz CT molecular complexity index is 1320. The smallest absolute Gasteiger partial charge is 0.338 e. The normalized spacial score (nSPS) is 12.5. The van der Waals surface area contributed by atoms with E-state index in [4.69, 9.17) is 4.74 Å². The molecule has 188 valence electrons. The molecular weight excluding hydrogens is 446 g/mol. The molecule has 1 unspecified atom stereocenters. The summed E-state index contributed by atoms with van der Waals surface area (Å²) in [6.07, 6.45) is 6.85. The molecule has 0 bridgehead atoms. The van der Waals surface area contributed by atoms with Gasteiger partial charge in [-0.15, -0.1) is 0 Å². The average molecular weight is 484 g/mol. The van der Waals surface area contributed by atoms with Crippen LogP contribution in [0.15, 0.2) is 77.0 Å². The van der Waals surface area contributed by atoms with E-state index in [1.165, 1.54) is 47.5 Å².